The van der Waals surface area contributed by atoms with Crippen molar-refractivity contribution < 1.29 is 27.8 Å². The summed E-state index contributed by atoms with van der Waals surface area (Å²) < 4.78 is 43.4. The molecule has 0 aliphatic rings. The number of ether oxygens (including phenoxy) is 1. The van der Waals surface area contributed by atoms with Crippen LogP contribution < -0.4 is 4.74 Å². The van der Waals surface area contributed by atoms with E-state index in [1.165, 1.54) is 12.1 Å². The lowest BCUT2D eigenvalue weighted by molar-refractivity contribution is -0.274. The lowest BCUT2D eigenvalue weighted by Gasteiger charge is -2.15. The summed E-state index contributed by atoms with van der Waals surface area (Å²) in [4.78, 5) is 11.4. The zero-order chi connectivity index (χ0) is 19.9. The fourth-order valence-electron chi connectivity index (χ4n) is 3.40. The molecule has 4 nitrogen and oxygen atoms in total. The molecule has 0 bridgehead atoms. The second-order valence-electron chi connectivity index (χ2n) is 6.51. The molecule has 0 saturated carbocycles. The van der Waals surface area contributed by atoms with Crippen molar-refractivity contribution in [3.05, 3.63) is 64.3 Å². The molecule has 0 atom stereocenters. The molecule has 1 heterocycles. The monoisotopic (exact) mass is 377 g/mol. The van der Waals surface area contributed by atoms with Gasteiger partial charge in [-0.15, -0.1) is 13.2 Å². The van der Waals surface area contributed by atoms with Crippen molar-refractivity contribution in [2.75, 3.05) is 0 Å². The normalized spacial score (nSPS) is 11.8. The molecule has 0 aliphatic carbocycles. The van der Waals surface area contributed by atoms with Crippen molar-refractivity contribution in [2.24, 2.45) is 0 Å². The first-order valence-corrected chi connectivity index (χ1v) is 8.24. The average molecular weight is 377 g/mol. The highest BCUT2D eigenvalue weighted by Gasteiger charge is 2.31. The highest BCUT2D eigenvalue weighted by molar-refractivity contribution is 5.90. The molecule has 3 aromatic rings. The Morgan fingerprint density at radius 1 is 1.11 bits per heavy atom. The first-order chi connectivity index (χ1) is 12.6. The third kappa shape index (κ3) is 3.77. The number of carbonyl (C=O) groups is 1. The number of aryl methyl sites for hydroxylation is 2. The standard InChI is InChI=1S/C20H18F3NO3/c1-11-4-5-16(19(25)26)13(3)17(11)10-24-7-6-14-9-15(27-20(21,22)23)8-12(2)18(14)24/h4-9H,10H2,1-3H3,(H,25,26). The van der Waals surface area contributed by atoms with Gasteiger partial charge in [0.15, 0.2) is 0 Å². The molecular weight excluding hydrogens is 359 g/mol. The number of hydrogen-bond acceptors (Lipinski definition) is 2. The van der Waals surface area contributed by atoms with Crippen molar-refractivity contribution in [1.82, 2.24) is 4.57 Å². The topological polar surface area (TPSA) is 51.5 Å². The van der Waals surface area contributed by atoms with Gasteiger partial charge in [-0.25, -0.2) is 4.79 Å². The summed E-state index contributed by atoms with van der Waals surface area (Å²) in [5, 5.41) is 9.96. The number of rotatable bonds is 4. The van der Waals surface area contributed by atoms with Crippen molar-refractivity contribution in [2.45, 2.75) is 33.7 Å². The van der Waals surface area contributed by atoms with E-state index in [9.17, 15) is 23.1 Å². The minimum Gasteiger partial charge on any atom is -0.478 e. The lowest BCUT2D eigenvalue weighted by Crippen LogP contribution is -2.17. The highest BCUT2D eigenvalue weighted by Crippen LogP contribution is 2.31. The van der Waals surface area contributed by atoms with Crippen LogP contribution in [0.5, 0.6) is 5.75 Å². The minimum absolute atomic E-state index is 0.240. The number of carboxylic acid groups (broad SMARTS) is 1. The van der Waals surface area contributed by atoms with Gasteiger partial charge in [0, 0.05) is 18.1 Å². The minimum atomic E-state index is -4.74. The first kappa shape index (κ1) is 18.8. The zero-order valence-corrected chi connectivity index (χ0v) is 15.0. The number of carboxylic acids is 1. The number of nitrogens with zero attached hydrogens (tertiary/aromatic N) is 1. The average Bonchev–Trinajstić information content (AvgIpc) is 2.92. The number of benzene rings is 2. The molecule has 0 saturated heterocycles. The first-order valence-electron chi connectivity index (χ1n) is 8.24. The van der Waals surface area contributed by atoms with Crippen LogP contribution in [0, 0.1) is 20.8 Å². The Labute approximate surface area is 153 Å². The Kier molecular flexibility index (Phi) is 4.63. The molecule has 0 amide bonds. The molecule has 142 valence electrons. The molecule has 0 aliphatic heterocycles. The molecular formula is C20H18F3NO3. The third-order valence-electron chi connectivity index (χ3n) is 4.65. The predicted octanol–water partition coefficient (Wildman–Crippen LogP) is 5.21. The smallest absolute Gasteiger partial charge is 0.478 e. The van der Waals surface area contributed by atoms with Crippen LogP contribution in [0.4, 0.5) is 13.2 Å². The van der Waals surface area contributed by atoms with Gasteiger partial charge in [-0.3, -0.25) is 0 Å². The Bertz CT molecular complexity index is 1040. The second-order valence-corrected chi connectivity index (χ2v) is 6.51. The van der Waals surface area contributed by atoms with E-state index in [1.807, 2.05) is 11.5 Å². The van der Waals surface area contributed by atoms with E-state index >= 15 is 0 Å². The summed E-state index contributed by atoms with van der Waals surface area (Å²) in [5.74, 6) is -1.25. The molecule has 1 N–H and O–H groups in total. The molecule has 2 aromatic carbocycles. The Morgan fingerprint density at radius 3 is 2.44 bits per heavy atom. The van der Waals surface area contributed by atoms with Crippen molar-refractivity contribution >= 4 is 16.9 Å². The lowest BCUT2D eigenvalue weighted by atomic mass is 9.97. The van der Waals surface area contributed by atoms with Crippen LogP contribution in [0.3, 0.4) is 0 Å². The van der Waals surface area contributed by atoms with Gasteiger partial charge >= 0.3 is 12.3 Å². The predicted molar refractivity (Wildman–Crippen MR) is 95.3 cm³/mol. The van der Waals surface area contributed by atoms with Gasteiger partial charge < -0.3 is 14.4 Å². The Hall–Kier alpha value is -2.96. The third-order valence-corrected chi connectivity index (χ3v) is 4.65. The van der Waals surface area contributed by atoms with Gasteiger partial charge in [0.2, 0.25) is 0 Å². The van der Waals surface area contributed by atoms with Gasteiger partial charge in [0.05, 0.1) is 11.1 Å². The van der Waals surface area contributed by atoms with Crippen LogP contribution in [-0.4, -0.2) is 22.0 Å². The molecule has 0 radical (unpaired) electrons. The summed E-state index contributed by atoms with van der Waals surface area (Å²) in [6.45, 7) is 5.81. The van der Waals surface area contributed by atoms with Gasteiger partial charge in [-0.05, 0) is 67.3 Å². The fraction of sp³-hybridized carbons (Fsp3) is 0.250. The van der Waals surface area contributed by atoms with Crippen molar-refractivity contribution in [3.8, 4) is 5.75 Å². The molecule has 0 spiro atoms. The SMILES string of the molecule is Cc1ccc(C(=O)O)c(C)c1Cn1ccc2cc(OC(F)(F)F)cc(C)c21. The Balaban J connectivity index is 2.05. The van der Waals surface area contributed by atoms with E-state index in [2.05, 4.69) is 4.74 Å². The Morgan fingerprint density at radius 2 is 1.81 bits per heavy atom. The summed E-state index contributed by atoms with van der Waals surface area (Å²) in [6, 6.07) is 7.76. The molecule has 7 heteroatoms. The highest BCUT2D eigenvalue weighted by atomic mass is 19.4. The summed E-state index contributed by atoms with van der Waals surface area (Å²) >= 11 is 0. The van der Waals surface area contributed by atoms with Gasteiger partial charge in [0.25, 0.3) is 0 Å². The van der Waals surface area contributed by atoms with Crippen LogP contribution >= 0.6 is 0 Å². The van der Waals surface area contributed by atoms with Crippen LogP contribution in [0.1, 0.15) is 32.6 Å². The van der Waals surface area contributed by atoms with Gasteiger partial charge in [0.1, 0.15) is 5.75 Å². The molecule has 3 rings (SSSR count). The van der Waals surface area contributed by atoms with Crippen LogP contribution in [0.25, 0.3) is 10.9 Å². The summed E-state index contributed by atoms with van der Waals surface area (Å²) in [6.07, 6.45) is -2.96. The maximum Gasteiger partial charge on any atom is 0.573 e. The van der Waals surface area contributed by atoms with Gasteiger partial charge in [-0.2, -0.15) is 0 Å². The number of alkyl halides is 3. The van der Waals surface area contributed by atoms with Crippen molar-refractivity contribution in [3.63, 3.8) is 0 Å². The van der Waals surface area contributed by atoms with E-state index in [-0.39, 0.29) is 11.3 Å². The number of aromatic nitrogens is 1. The number of halogens is 3. The molecule has 27 heavy (non-hydrogen) atoms. The zero-order valence-electron chi connectivity index (χ0n) is 15.0. The van der Waals surface area contributed by atoms with E-state index < -0.39 is 12.3 Å². The largest absolute Gasteiger partial charge is 0.573 e. The van der Waals surface area contributed by atoms with E-state index in [0.29, 0.717) is 23.1 Å². The van der Waals surface area contributed by atoms with Crippen LogP contribution in [0.15, 0.2) is 36.5 Å². The van der Waals surface area contributed by atoms with Gasteiger partial charge in [-0.1, -0.05) is 6.07 Å². The number of hydrogen-bond donors (Lipinski definition) is 1. The maximum atomic E-state index is 12.5. The summed E-state index contributed by atoms with van der Waals surface area (Å²) in [7, 11) is 0. The van der Waals surface area contributed by atoms with Crippen LogP contribution in [0.2, 0.25) is 0 Å². The fourth-order valence-corrected chi connectivity index (χ4v) is 3.40. The van der Waals surface area contributed by atoms with E-state index in [0.717, 1.165) is 16.6 Å². The van der Waals surface area contributed by atoms with Crippen LogP contribution in [-0.2, 0) is 6.54 Å². The maximum absolute atomic E-state index is 12.5. The van der Waals surface area contributed by atoms with E-state index in [1.54, 1.807) is 38.2 Å². The molecule has 1 aromatic heterocycles. The summed E-state index contributed by atoms with van der Waals surface area (Å²) in [5.41, 5.74) is 4.17. The molecule has 0 fully saturated rings. The second kappa shape index (κ2) is 6.64. The molecule has 0 unspecified atom stereocenters. The number of fused-ring (bicyclic) bond motifs is 1. The number of aromatic carboxylic acids is 1. The van der Waals surface area contributed by atoms with Crippen molar-refractivity contribution in [1.29, 1.82) is 0 Å². The van der Waals surface area contributed by atoms with E-state index in [4.69, 9.17) is 0 Å². The quantitative estimate of drug-likeness (QED) is 0.679.